The van der Waals surface area contributed by atoms with Crippen molar-refractivity contribution in [1.29, 1.82) is 0 Å². The lowest BCUT2D eigenvalue weighted by Crippen LogP contribution is -2.48. The molecule has 2 amide bonds. The maximum atomic E-state index is 15.4. The summed E-state index contributed by atoms with van der Waals surface area (Å²) >= 11 is 0. The van der Waals surface area contributed by atoms with Crippen LogP contribution in [-0.2, 0) is 14.2 Å². The van der Waals surface area contributed by atoms with Crippen molar-refractivity contribution >= 4 is 35.1 Å². The molecule has 2 atom stereocenters. The number of nitrogens with one attached hydrogen (secondary N) is 1. The number of aromatic nitrogens is 1. The summed E-state index contributed by atoms with van der Waals surface area (Å²) in [6.45, 7) is 12.4. The molecule has 1 aromatic heterocycles. The first-order chi connectivity index (χ1) is 20.5. The third-order valence-corrected chi connectivity index (χ3v) is 7.22. The molecule has 1 saturated carbocycles. The lowest BCUT2D eigenvalue weighted by atomic mass is 10.0. The number of carbonyl (C=O) groups excluding carboxylic acids is 3. The minimum Gasteiger partial charge on any atom is -0.462 e. The van der Waals surface area contributed by atoms with Crippen molar-refractivity contribution in [3.05, 3.63) is 51.3 Å². The molecular formula is C32H41F2N3O7. The van der Waals surface area contributed by atoms with E-state index in [0.717, 1.165) is 18.9 Å². The van der Waals surface area contributed by atoms with Gasteiger partial charge in [-0.05, 0) is 80.2 Å². The Bertz CT molecular complexity index is 1530. The van der Waals surface area contributed by atoms with E-state index in [0.29, 0.717) is 13.0 Å². The SMILES string of the molecule is CCOC(=O)c1cn(C2CC2)c2c(C=CCC3[C@H](NC(=O)OC(C)(C)C)CCN3C(=O)OC(C)(C)C)c(F)c(F)cc2c1=O. The van der Waals surface area contributed by atoms with Crippen LogP contribution in [0, 0.1) is 11.6 Å². The van der Waals surface area contributed by atoms with Gasteiger partial charge in [0.15, 0.2) is 11.6 Å². The monoisotopic (exact) mass is 617 g/mol. The van der Waals surface area contributed by atoms with Gasteiger partial charge in [-0.1, -0.05) is 12.2 Å². The van der Waals surface area contributed by atoms with E-state index in [1.54, 1.807) is 59.1 Å². The molecule has 12 heteroatoms. The zero-order valence-corrected chi connectivity index (χ0v) is 26.3. The molecule has 1 aliphatic carbocycles. The molecule has 44 heavy (non-hydrogen) atoms. The van der Waals surface area contributed by atoms with E-state index in [4.69, 9.17) is 14.2 Å². The summed E-state index contributed by atoms with van der Waals surface area (Å²) in [6, 6.07) is -0.373. The lowest BCUT2D eigenvalue weighted by molar-refractivity contribution is 0.0204. The number of benzene rings is 1. The number of esters is 1. The number of nitrogens with zero attached hydrogens (tertiary/aromatic N) is 2. The van der Waals surface area contributed by atoms with Crippen LogP contribution in [-0.4, -0.2) is 64.1 Å². The van der Waals surface area contributed by atoms with Gasteiger partial charge >= 0.3 is 18.2 Å². The summed E-state index contributed by atoms with van der Waals surface area (Å²) in [5.74, 6) is -3.22. The number of rotatable bonds is 7. The van der Waals surface area contributed by atoms with Crippen molar-refractivity contribution in [3.63, 3.8) is 0 Å². The fraction of sp³-hybridized carbons (Fsp3) is 0.562. The van der Waals surface area contributed by atoms with Gasteiger partial charge in [0.05, 0.1) is 29.6 Å². The Kier molecular flexibility index (Phi) is 9.41. The molecule has 10 nitrogen and oxygen atoms in total. The third kappa shape index (κ3) is 7.57. The van der Waals surface area contributed by atoms with Crippen LogP contribution in [0.1, 0.15) is 96.1 Å². The van der Waals surface area contributed by atoms with Gasteiger partial charge in [-0.3, -0.25) is 4.79 Å². The van der Waals surface area contributed by atoms with E-state index in [2.05, 4.69) is 5.32 Å². The van der Waals surface area contributed by atoms with Crippen LogP contribution in [0.5, 0.6) is 0 Å². The van der Waals surface area contributed by atoms with Gasteiger partial charge in [0.1, 0.15) is 16.8 Å². The van der Waals surface area contributed by atoms with E-state index in [9.17, 15) is 23.6 Å². The molecule has 0 bridgehead atoms. The fourth-order valence-corrected chi connectivity index (χ4v) is 5.29. The predicted octanol–water partition coefficient (Wildman–Crippen LogP) is 6.10. The minimum atomic E-state index is -1.24. The van der Waals surface area contributed by atoms with Gasteiger partial charge in [-0.15, -0.1) is 0 Å². The molecular weight excluding hydrogens is 576 g/mol. The topological polar surface area (TPSA) is 116 Å². The molecule has 1 unspecified atom stereocenters. The number of fused-ring (bicyclic) bond motifs is 1. The van der Waals surface area contributed by atoms with Crippen molar-refractivity contribution in [1.82, 2.24) is 14.8 Å². The average Bonchev–Trinajstić information content (AvgIpc) is 3.66. The summed E-state index contributed by atoms with van der Waals surface area (Å²) in [4.78, 5) is 53.0. The maximum Gasteiger partial charge on any atom is 0.410 e. The Morgan fingerprint density at radius 1 is 1.05 bits per heavy atom. The Balaban J connectivity index is 1.72. The number of ether oxygens (including phenoxy) is 3. The highest BCUT2D eigenvalue weighted by atomic mass is 19.2. The molecule has 2 aliphatic rings. The Morgan fingerprint density at radius 2 is 1.70 bits per heavy atom. The maximum absolute atomic E-state index is 15.4. The van der Waals surface area contributed by atoms with Crippen LogP contribution in [0.3, 0.4) is 0 Å². The van der Waals surface area contributed by atoms with Crippen LogP contribution < -0.4 is 10.7 Å². The number of pyridine rings is 1. The van der Waals surface area contributed by atoms with Gasteiger partial charge in [0.2, 0.25) is 5.43 Å². The van der Waals surface area contributed by atoms with Crippen LogP contribution in [0.4, 0.5) is 18.4 Å². The highest BCUT2D eigenvalue weighted by Crippen LogP contribution is 2.39. The number of amides is 2. The first-order valence-electron chi connectivity index (χ1n) is 14.9. The van der Waals surface area contributed by atoms with Crippen molar-refractivity contribution in [2.24, 2.45) is 0 Å². The van der Waals surface area contributed by atoms with E-state index in [1.165, 1.54) is 17.2 Å². The summed E-state index contributed by atoms with van der Waals surface area (Å²) in [6.07, 6.45) is 5.15. The molecule has 2 fully saturated rings. The normalized spacial score (nSPS) is 19.0. The summed E-state index contributed by atoms with van der Waals surface area (Å²) in [5, 5.41) is 2.69. The van der Waals surface area contributed by atoms with Crippen molar-refractivity contribution in [3.8, 4) is 0 Å². The Morgan fingerprint density at radius 3 is 2.30 bits per heavy atom. The van der Waals surface area contributed by atoms with Crippen LogP contribution >= 0.6 is 0 Å². The minimum absolute atomic E-state index is 0.0523. The second kappa shape index (κ2) is 12.6. The van der Waals surface area contributed by atoms with Gasteiger partial charge in [0, 0.05) is 24.3 Å². The summed E-state index contributed by atoms with van der Waals surface area (Å²) in [7, 11) is 0. The zero-order chi connectivity index (χ0) is 32.6. The second-order valence-corrected chi connectivity index (χ2v) is 13.1. The molecule has 2 aromatic rings. The standard InChI is InChI=1S/C32H41F2N3O7/c1-8-42-28(39)21-17-37(18-12-13-18)26-19(25(34)22(33)16-20(26)27(21)38)10-9-11-24-23(35-29(40)43-31(2,3)4)14-15-36(24)30(41)44-32(5,6)7/h9-10,16-18,23-24H,8,11-15H2,1-7H3,(H,35,40)/t23-,24?/m1/s1. The highest BCUT2D eigenvalue weighted by molar-refractivity contribution is 5.96. The van der Waals surface area contributed by atoms with Crippen LogP contribution in [0.15, 0.2) is 23.1 Å². The average molecular weight is 618 g/mol. The molecule has 0 radical (unpaired) electrons. The third-order valence-electron chi connectivity index (χ3n) is 7.22. The molecule has 4 rings (SSSR count). The fourth-order valence-electron chi connectivity index (χ4n) is 5.29. The quantitative estimate of drug-likeness (QED) is 0.295. The molecule has 1 aromatic carbocycles. The number of halogens is 2. The second-order valence-electron chi connectivity index (χ2n) is 13.1. The number of alkyl carbamates (subject to hydrolysis) is 1. The Hall–Kier alpha value is -3.96. The Labute approximate surface area is 255 Å². The number of hydrogen-bond donors (Lipinski definition) is 1. The van der Waals surface area contributed by atoms with Crippen molar-refractivity contribution in [2.75, 3.05) is 13.2 Å². The van der Waals surface area contributed by atoms with Gasteiger partial charge in [-0.25, -0.2) is 23.2 Å². The van der Waals surface area contributed by atoms with E-state index in [-0.39, 0.29) is 41.1 Å². The molecule has 0 spiro atoms. The van der Waals surface area contributed by atoms with Crippen molar-refractivity contribution in [2.45, 2.75) is 103 Å². The summed E-state index contributed by atoms with van der Waals surface area (Å²) < 4.78 is 48.0. The first-order valence-corrected chi connectivity index (χ1v) is 14.9. The first kappa shape index (κ1) is 32.9. The van der Waals surface area contributed by atoms with E-state index in [1.807, 2.05) is 0 Å². The van der Waals surface area contributed by atoms with E-state index >= 15 is 4.39 Å². The van der Waals surface area contributed by atoms with Crippen LogP contribution in [0.2, 0.25) is 0 Å². The van der Waals surface area contributed by atoms with Gasteiger partial charge < -0.3 is 29.0 Å². The van der Waals surface area contributed by atoms with Gasteiger partial charge in [-0.2, -0.15) is 0 Å². The predicted molar refractivity (Wildman–Crippen MR) is 161 cm³/mol. The molecule has 1 saturated heterocycles. The largest absolute Gasteiger partial charge is 0.462 e. The molecule has 2 heterocycles. The molecule has 1 N–H and O–H groups in total. The highest BCUT2D eigenvalue weighted by Gasteiger charge is 2.40. The number of likely N-dealkylation sites (tertiary alicyclic amines) is 1. The van der Waals surface area contributed by atoms with Crippen LogP contribution in [0.25, 0.3) is 17.0 Å². The smallest absolute Gasteiger partial charge is 0.410 e. The number of carbonyl (C=O) groups is 3. The molecule has 1 aliphatic heterocycles. The summed E-state index contributed by atoms with van der Waals surface area (Å²) in [5.41, 5.74) is -2.48. The molecule has 240 valence electrons. The van der Waals surface area contributed by atoms with E-state index < -0.39 is 58.5 Å². The van der Waals surface area contributed by atoms with Gasteiger partial charge in [0.25, 0.3) is 0 Å². The number of hydrogen-bond acceptors (Lipinski definition) is 7. The lowest BCUT2D eigenvalue weighted by Gasteiger charge is -2.30. The zero-order valence-electron chi connectivity index (χ0n) is 26.3. The van der Waals surface area contributed by atoms with Crippen molar-refractivity contribution < 1.29 is 37.4 Å².